The van der Waals surface area contributed by atoms with Crippen LogP contribution in [-0.4, -0.2) is 55.2 Å². The SMILES string of the molecule is CC1([C@@H]2C[C@H]2NCCCc2cn(C3CC3)c(=O)c(N3CCS(=O)(=O)CC3)n2)C=CC(F)=CC1. The molecule has 1 aliphatic heterocycles. The molecule has 1 unspecified atom stereocenters. The van der Waals surface area contributed by atoms with Crippen molar-refractivity contribution in [3.8, 4) is 0 Å². The van der Waals surface area contributed by atoms with Crippen LogP contribution in [0.5, 0.6) is 0 Å². The molecule has 9 heteroatoms. The minimum atomic E-state index is -3.01. The number of aryl methyl sites for hydroxylation is 1. The van der Waals surface area contributed by atoms with Gasteiger partial charge >= 0.3 is 0 Å². The zero-order chi connectivity index (χ0) is 23.2. The lowest BCUT2D eigenvalue weighted by Crippen LogP contribution is -2.44. The van der Waals surface area contributed by atoms with E-state index in [1.54, 1.807) is 12.2 Å². The van der Waals surface area contributed by atoms with Crippen LogP contribution in [0.3, 0.4) is 0 Å². The Labute approximate surface area is 194 Å². The van der Waals surface area contributed by atoms with Crippen LogP contribution in [0, 0.1) is 11.3 Å². The Bertz CT molecular complexity index is 1130. The van der Waals surface area contributed by atoms with E-state index >= 15 is 0 Å². The van der Waals surface area contributed by atoms with Crippen molar-refractivity contribution in [3.05, 3.63) is 46.3 Å². The minimum absolute atomic E-state index is 0.0331. The second-order valence-electron chi connectivity index (χ2n) is 10.3. The first-order valence-electron chi connectivity index (χ1n) is 12.1. The number of aromatic nitrogens is 2. The smallest absolute Gasteiger partial charge is 0.293 e. The quantitative estimate of drug-likeness (QED) is 0.581. The number of halogens is 1. The van der Waals surface area contributed by atoms with Crippen molar-refractivity contribution >= 4 is 15.7 Å². The van der Waals surface area contributed by atoms with Crippen molar-refractivity contribution in [1.82, 2.24) is 14.9 Å². The van der Waals surface area contributed by atoms with Crippen LogP contribution in [0.2, 0.25) is 0 Å². The summed E-state index contributed by atoms with van der Waals surface area (Å²) in [7, 11) is -3.01. The molecule has 3 atom stereocenters. The predicted molar refractivity (Wildman–Crippen MR) is 127 cm³/mol. The molecule has 2 saturated carbocycles. The van der Waals surface area contributed by atoms with E-state index < -0.39 is 9.84 Å². The molecular formula is C24H33FN4O3S. The van der Waals surface area contributed by atoms with Crippen molar-refractivity contribution in [2.24, 2.45) is 11.3 Å². The van der Waals surface area contributed by atoms with Gasteiger partial charge in [-0.2, -0.15) is 0 Å². The predicted octanol–water partition coefficient (Wildman–Crippen LogP) is 2.54. The van der Waals surface area contributed by atoms with Gasteiger partial charge in [0, 0.05) is 31.4 Å². The number of hydrogen-bond donors (Lipinski definition) is 1. The van der Waals surface area contributed by atoms with E-state index in [1.807, 2.05) is 21.7 Å². The third-order valence-electron chi connectivity index (χ3n) is 7.56. The fraction of sp³-hybridized carbons (Fsp3) is 0.667. The maximum Gasteiger partial charge on any atom is 0.293 e. The summed E-state index contributed by atoms with van der Waals surface area (Å²) in [6, 6.07) is 0.716. The van der Waals surface area contributed by atoms with Gasteiger partial charge in [-0.25, -0.2) is 17.8 Å². The van der Waals surface area contributed by atoms with E-state index in [2.05, 4.69) is 17.2 Å². The first-order valence-corrected chi connectivity index (χ1v) is 13.9. The van der Waals surface area contributed by atoms with Crippen LogP contribution < -0.4 is 15.8 Å². The van der Waals surface area contributed by atoms with Crippen molar-refractivity contribution in [2.75, 3.05) is 36.0 Å². The molecule has 0 radical (unpaired) electrons. The van der Waals surface area contributed by atoms with Crippen molar-refractivity contribution in [1.29, 1.82) is 0 Å². The lowest BCUT2D eigenvalue weighted by Gasteiger charge is -2.28. The molecule has 0 bridgehead atoms. The summed E-state index contributed by atoms with van der Waals surface area (Å²) >= 11 is 0. The van der Waals surface area contributed by atoms with Gasteiger partial charge < -0.3 is 14.8 Å². The Hall–Kier alpha value is -2.00. The Balaban J connectivity index is 1.18. The number of rotatable bonds is 8. The zero-order valence-corrected chi connectivity index (χ0v) is 20.0. The molecule has 1 N–H and O–H groups in total. The molecular weight excluding hydrogens is 443 g/mol. The Morgan fingerprint density at radius 1 is 1.27 bits per heavy atom. The van der Waals surface area contributed by atoms with Crippen LogP contribution in [0.1, 0.15) is 50.8 Å². The first-order chi connectivity index (χ1) is 15.7. The van der Waals surface area contributed by atoms with Crippen molar-refractivity contribution in [3.63, 3.8) is 0 Å². The molecule has 4 aliphatic rings. The number of nitrogens with one attached hydrogen (secondary N) is 1. The van der Waals surface area contributed by atoms with Crippen LogP contribution in [0.4, 0.5) is 10.2 Å². The van der Waals surface area contributed by atoms with Crippen LogP contribution in [0.25, 0.3) is 0 Å². The fourth-order valence-electron chi connectivity index (χ4n) is 5.13. The van der Waals surface area contributed by atoms with Gasteiger partial charge in [-0.3, -0.25) is 4.79 Å². The summed E-state index contributed by atoms with van der Waals surface area (Å²) in [6.45, 7) is 3.73. The molecule has 3 fully saturated rings. The number of hydrogen-bond acceptors (Lipinski definition) is 6. The minimum Gasteiger partial charge on any atom is -0.350 e. The van der Waals surface area contributed by atoms with E-state index in [9.17, 15) is 17.6 Å². The summed E-state index contributed by atoms with van der Waals surface area (Å²) in [5.74, 6) is 0.954. The third kappa shape index (κ3) is 5.09. The van der Waals surface area contributed by atoms with Crippen LogP contribution in [0.15, 0.2) is 35.0 Å². The molecule has 7 nitrogen and oxygen atoms in total. The molecule has 5 rings (SSSR count). The molecule has 0 aromatic carbocycles. The third-order valence-corrected chi connectivity index (χ3v) is 9.17. The topological polar surface area (TPSA) is 84.3 Å². The highest BCUT2D eigenvalue weighted by atomic mass is 32.2. The van der Waals surface area contributed by atoms with Gasteiger partial charge in [0.1, 0.15) is 5.83 Å². The lowest BCUT2D eigenvalue weighted by atomic mass is 9.78. The monoisotopic (exact) mass is 476 g/mol. The molecule has 3 aliphatic carbocycles. The summed E-state index contributed by atoms with van der Waals surface area (Å²) < 4.78 is 38.7. The summed E-state index contributed by atoms with van der Waals surface area (Å²) in [5, 5.41) is 3.64. The number of anilines is 1. The maximum atomic E-state index is 13.3. The molecule has 1 saturated heterocycles. The van der Waals surface area contributed by atoms with Crippen LogP contribution in [-0.2, 0) is 16.3 Å². The van der Waals surface area contributed by atoms with E-state index in [0.29, 0.717) is 30.9 Å². The Kier molecular flexibility index (Phi) is 5.97. The second kappa shape index (κ2) is 8.65. The van der Waals surface area contributed by atoms with Gasteiger partial charge in [0.25, 0.3) is 5.56 Å². The number of allylic oxidation sites excluding steroid dienone is 4. The first kappa shape index (κ1) is 22.8. The van der Waals surface area contributed by atoms with E-state index in [-0.39, 0.29) is 34.3 Å². The average Bonchev–Trinajstić information content (AvgIpc) is 3.69. The summed E-state index contributed by atoms with van der Waals surface area (Å²) in [5.41, 5.74) is 0.825. The van der Waals surface area contributed by atoms with E-state index in [0.717, 1.165) is 50.8 Å². The molecule has 180 valence electrons. The van der Waals surface area contributed by atoms with Crippen molar-refractivity contribution in [2.45, 2.75) is 57.5 Å². The van der Waals surface area contributed by atoms with Gasteiger partial charge in [0.2, 0.25) is 0 Å². The molecule has 2 heterocycles. The Morgan fingerprint density at radius 3 is 2.70 bits per heavy atom. The van der Waals surface area contributed by atoms with E-state index in [1.165, 1.54) is 0 Å². The highest BCUT2D eigenvalue weighted by Gasteiger charge is 2.48. The maximum absolute atomic E-state index is 13.3. The summed E-state index contributed by atoms with van der Waals surface area (Å²) in [6.07, 6.45) is 12.8. The molecule has 1 aromatic rings. The highest BCUT2D eigenvalue weighted by molar-refractivity contribution is 7.91. The second-order valence-corrected chi connectivity index (χ2v) is 12.6. The molecule has 33 heavy (non-hydrogen) atoms. The molecule has 1 aromatic heterocycles. The number of sulfone groups is 1. The van der Waals surface area contributed by atoms with Gasteiger partial charge in [-0.1, -0.05) is 13.0 Å². The van der Waals surface area contributed by atoms with Crippen molar-refractivity contribution < 1.29 is 12.8 Å². The summed E-state index contributed by atoms with van der Waals surface area (Å²) in [4.78, 5) is 19.5. The highest BCUT2D eigenvalue weighted by Crippen LogP contribution is 2.50. The Morgan fingerprint density at radius 2 is 2.03 bits per heavy atom. The largest absolute Gasteiger partial charge is 0.350 e. The fourth-order valence-corrected chi connectivity index (χ4v) is 6.33. The van der Waals surface area contributed by atoms with Gasteiger partial charge in [0.15, 0.2) is 15.7 Å². The molecule has 0 amide bonds. The van der Waals surface area contributed by atoms with Gasteiger partial charge in [0.05, 0.1) is 17.2 Å². The standard InChI is InChI=1S/C24H33FN4O3S/c1-24(8-6-17(25)7-9-24)20-15-21(20)26-10-2-3-18-16-29(19-4-5-19)23(30)22(27-18)28-11-13-33(31,32)14-12-28/h6-8,16,19-21,26H,2-5,9-15H2,1H3/t20-,21-,24?/m1/s1. The zero-order valence-electron chi connectivity index (χ0n) is 19.2. The lowest BCUT2D eigenvalue weighted by molar-refractivity contribution is 0.343. The number of nitrogens with zero attached hydrogens (tertiary/aromatic N) is 3. The van der Waals surface area contributed by atoms with E-state index in [4.69, 9.17) is 0 Å². The normalized spacial score (nSPS) is 30.8. The van der Waals surface area contributed by atoms with Crippen LogP contribution >= 0.6 is 0 Å². The average molecular weight is 477 g/mol. The van der Waals surface area contributed by atoms with Gasteiger partial charge in [-0.05, 0) is 68.6 Å². The molecule has 0 spiro atoms. The van der Waals surface area contributed by atoms with Gasteiger partial charge in [-0.15, -0.1) is 0 Å².